The molecule has 2 heterocycles. The summed E-state index contributed by atoms with van der Waals surface area (Å²) in [6, 6.07) is 15.7. The summed E-state index contributed by atoms with van der Waals surface area (Å²) < 4.78 is 7.69. The van der Waals surface area contributed by atoms with Crippen molar-refractivity contribution in [3.05, 3.63) is 82.1 Å². The van der Waals surface area contributed by atoms with Gasteiger partial charge in [0.25, 0.3) is 0 Å². The summed E-state index contributed by atoms with van der Waals surface area (Å²) in [6.07, 6.45) is 2.51. The van der Waals surface area contributed by atoms with Crippen LogP contribution in [-0.2, 0) is 11.8 Å². The van der Waals surface area contributed by atoms with Crippen LogP contribution in [0.25, 0.3) is 0 Å². The van der Waals surface area contributed by atoms with Gasteiger partial charge in [-0.05, 0) is 55.8 Å². The zero-order valence-corrected chi connectivity index (χ0v) is 18.7. The molecule has 0 fully saturated rings. The predicted molar refractivity (Wildman–Crippen MR) is 122 cm³/mol. The van der Waals surface area contributed by atoms with E-state index in [1.165, 1.54) is 0 Å². The lowest BCUT2D eigenvalue weighted by atomic mass is 9.97. The first-order valence-electron chi connectivity index (χ1n) is 10.2. The van der Waals surface area contributed by atoms with Crippen LogP contribution in [0, 0.1) is 11.3 Å². The Morgan fingerprint density at radius 1 is 1.19 bits per heavy atom. The zero-order chi connectivity index (χ0) is 22.8. The van der Waals surface area contributed by atoms with Crippen molar-refractivity contribution in [1.29, 1.82) is 5.26 Å². The van der Waals surface area contributed by atoms with E-state index < -0.39 is 12.1 Å². The number of rotatable bonds is 6. The molecule has 2 atom stereocenters. The maximum atomic E-state index is 12.4. The highest BCUT2D eigenvalue weighted by Gasteiger charge is 2.40. The summed E-state index contributed by atoms with van der Waals surface area (Å²) in [5.41, 5.74) is 2.74. The van der Waals surface area contributed by atoms with E-state index in [1.807, 2.05) is 45.3 Å². The molecule has 4 rings (SSSR count). The fourth-order valence-electron chi connectivity index (χ4n) is 3.83. The van der Waals surface area contributed by atoms with Crippen molar-refractivity contribution in [3.63, 3.8) is 0 Å². The first-order valence-corrected chi connectivity index (χ1v) is 10.6. The van der Waals surface area contributed by atoms with Crippen LogP contribution >= 0.6 is 11.6 Å². The highest BCUT2D eigenvalue weighted by Crippen LogP contribution is 2.43. The Balaban J connectivity index is 1.87. The van der Waals surface area contributed by atoms with Crippen molar-refractivity contribution in [1.82, 2.24) is 14.7 Å². The van der Waals surface area contributed by atoms with E-state index in [-0.39, 0.29) is 6.10 Å². The van der Waals surface area contributed by atoms with Crippen LogP contribution in [0.1, 0.15) is 48.3 Å². The lowest BCUT2D eigenvalue weighted by molar-refractivity contribution is -0.116. The van der Waals surface area contributed by atoms with Gasteiger partial charge in [0.15, 0.2) is 0 Å². The summed E-state index contributed by atoms with van der Waals surface area (Å²) in [7, 11) is 1.84. The number of hydrogen-bond donors (Lipinski definition) is 0. The van der Waals surface area contributed by atoms with Gasteiger partial charge in [0.05, 0.1) is 35.0 Å². The number of benzene rings is 2. The molecule has 3 aromatic rings. The van der Waals surface area contributed by atoms with Gasteiger partial charge < -0.3 is 4.74 Å². The van der Waals surface area contributed by atoms with Crippen LogP contribution < -0.4 is 4.74 Å². The van der Waals surface area contributed by atoms with Gasteiger partial charge >= 0.3 is 0 Å². The number of nitrogens with zero attached hydrogens (tertiary/aromatic N) is 5. The summed E-state index contributed by atoms with van der Waals surface area (Å²) >= 11 is 6.10. The third kappa shape index (κ3) is 4.10. The molecular formula is C24H22ClN5O2. The number of aliphatic imine (C=N–C) groups is 1. The smallest absolute Gasteiger partial charge is 0.215 e. The number of carbonyl (C=O) groups excluding carboxylic acids is 1. The van der Waals surface area contributed by atoms with Crippen LogP contribution in [0.3, 0.4) is 0 Å². The predicted octanol–water partition coefficient (Wildman–Crippen LogP) is 4.43. The maximum absolute atomic E-state index is 12.4. The molecule has 32 heavy (non-hydrogen) atoms. The third-order valence-electron chi connectivity index (χ3n) is 5.18. The summed E-state index contributed by atoms with van der Waals surface area (Å²) in [6.45, 7) is 3.81. The number of hydrogen-bond acceptors (Lipinski definition) is 5. The molecule has 8 heteroatoms. The molecule has 0 saturated carbocycles. The van der Waals surface area contributed by atoms with Gasteiger partial charge in [0.2, 0.25) is 6.41 Å². The van der Waals surface area contributed by atoms with Gasteiger partial charge in [-0.25, -0.2) is 0 Å². The molecule has 0 aliphatic carbocycles. The van der Waals surface area contributed by atoms with E-state index >= 15 is 0 Å². The number of ether oxygens (including phenoxy) is 1. The number of aryl methyl sites for hydroxylation is 1. The SMILES string of the molecule is CC(C)Oc1cc(C#N)ccc1C1=NC(c2ccn(C)n2)C(c2ccc(Cl)cc2)N1C=O. The number of nitriles is 1. The summed E-state index contributed by atoms with van der Waals surface area (Å²) in [5, 5.41) is 14.5. The summed E-state index contributed by atoms with van der Waals surface area (Å²) in [4.78, 5) is 18.9. The minimum absolute atomic E-state index is 0.118. The Labute approximate surface area is 191 Å². The fraction of sp³-hybridized carbons (Fsp3) is 0.250. The number of amidine groups is 1. The highest BCUT2D eigenvalue weighted by molar-refractivity contribution is 6.30. The van der Waals surface area contributed by atoms with Gasteiger partial charge in [-0.2, -0.15) is 10.4 Å². The Kier molecular flexibility index (Phi) is 5.97. The Bertz CT molecular complexity index is 1210. The molecule has 0 radical (unpaired) electrons. The van der Waals surface area contributed by atoms with Crippen molar-refractivity contribution in [3.8, 4) is 11.8 Å². The standard InChI is InChI=1S/C24H22ClN5O2/c1-15(2)32-21-12-16(13-26)4-9-19(21)24-27-22(20-10-11-29(3)28-20)23(30(24)14-31)17-5-7-18(25)8-6-17/h4-12,14-15,22-23H,1-3H3. The molecule has 0 bridgehead atoms. The van der Waals surface area contributed by atoms with E-state index in [9.17, 15) is 10.1 Å². The quantitative estimate of drug-likeness (QED) is 0.523. The monoisotopic (exact) mass is 447 g/mol. The highest BCUT2D eigenvalue weighted by atomic mass is 35.5. The number of amides is 1. The lowest BCUT2D eigenvalue weighted by Crippen LogP contribution is -2.31. The van der Waals surface area contributed by atoms with Gasteiger partial charge in [-0.1, -0.05) is 23.7 Å². The number of aromatic nitrogens is 2. The van der Waals surface area contributed by atoms with Crippen LogP contribution in [0.4, 0.5) is 0 Å². The molecule has 2 aromatic carbocycles. The van der Waals surface area contributed by atoms with Crippen molar-refractivity contribution in [2.45, 2.75) is 32.0 Å². The fourth-order valence-corrected chi connectivity index (χ4v) is 3.95. The van der Waals surface area contributed by atoms with E-state index in [0.717, 1.165) is 17.7 Å². The average molecular weight is 448 g/mol. The van der Waals surface area contributed by atoms with Crippen molar-refractivity contribution in [2.24, 2.45) is 12.0 Å². The first-order chi connectivity index (χ1) is 15.4. The van der Waals surface area contributed by atoms with Crippen molar-refractivity contribution >= 4 is 23.8 Å². The van der Waals surface area contributed by atoms with Gasteiger partial charge in [0.1, 0.15) is 17.6 Å². The van der Waals surface area contributed by atoms with Crippen LogP contribution in [0.2, 0.25) is 5.02 Å². The molecule has 162 valence electrons. The number of carbonyl (C=O) groups is 1. The molecule has 0 saturated heterocycles. The second-order valence-corrected chi connectivity index (χ2v) is 8.25. The van der Waals surface area contributed by atoms with Gasteiger partial charge in [0, 0.05) is 18.3 Å². The van der Waals surface area contributed by atoms with Crippen LogP contribution in [-0.4, -0.2) is 33.0 Å². The Morgan fingerprint density at radius 2 is 1.94 bits per heavy atom. The molecule has 7 nitrogen and oxygen atoms in total. The van der Waals surface area contributed by atoms with Gasteiger partial charge in [-0.15, -0.1) is 0 Å². The Hall–Kier alpha value is -3.63. The van der Waals surface area contributed by atoms with Crippen LogP contribution in [0.15, 0.2) is 59.7 Å². The van der Waals surface area contributed by atoms with E-state index in [2.05, 4.69) is 11.2 Å². The average Bonchev–Trinajstić information content (AvgIpc) is 3.37. The van der Waals surface area contributed by atoms with Crippen LogP contribution in [0.5, 0.6) is 5.75 Å². The first kappa shape index (κ1) is 21.6. The van der Waals surface area contributed by atoms with Crippen molar-refractivity contribution in [2.75, 3.05) is 0 Å². The maximum Gasteiger partial charge on any atom is 0.215 e. The normalized spacial score (nSPS) is 17.9. The molecule has 1 aromatic heterocycles. The molecule has 2 unspecified atom stereocenters. The molecule has 0 N–H and O–H groups in total. The minimum Gasteiger partial charge on any atom is -0.490 e. The molecule has 0 spiro atoms. The topological polar surface area (TPSA) is 83.5 Å². The van der Waals surface area contributed by atoms with Crippen molar-refractivity contribution < 1.29 is 9.53 Å². The largest absolute Gasteiger partial charge is 0.490 e. The molecular weight excluding hydrogens is 426 g/mol. The summed E-state index contributed by atoms with van der Waals surface area (Å²) in [5.74, 6) is 0.969. The van der Waals surface area contributed by atoms with E-state index in [4.69, 9.17) is 21.3 Å². The lowest BCUT2D eigenvalue weighted by Gasteiger charge is -2.26. The molecule has 1 amide bonds. The second kappa shape index (κ2) is 8.85. The van der Waals surface area contributed by atoms with E-state index in [0.29, 0.717) is 27.7 Å². The molecule has 1 aliphatic rings. The Morgan fingerprint density at radius 3 is 2.53 bits per heavy atom. The third-order valence-corrected chi connectivity index (χ3v) is 5.43. The minimum atomic E-state index is -0.417. The second-order valence-electron chi connectivity index (χ2n) is 7.81. The van der Waals surface area contributed by atoms with E-state index in [1.54, 1.807) is 39.9 Å². The number of halogens is 1. The zero-order valence-electron chi connectivity index (χ0n) is 17.9. The van der Waals surface area contributed by atoms with Gasteiger partial charge in [-0.3, -0.25) is 19.4 Å². The molecule has 1 aliphatic heterocycles.